The molecule has 3 N–H and O–H groups in total. The first-order valence-electron chi connectivity index (χ1n) is 8.46. The van der Waals surface area contributed by atoms with E-state index in [1.807, 2.05) is 6.07 Å². The van der Waals surface area contributed by atoms with E-state index in [1.54, 1.807) is 24.3 Å². The maximum atomic E-state index is 13.3. The molecule has 0 bridgehead atoms. The zero-order valence-corrected chi connectivity index (χ0v) is 15.6. The Morgan fingerprint density at radius 3 is 2.41 bits per heavy atom. The summed E-state index contributed by atoms with van der Waals surface area (Å²) < 4.78 is 72.1. The second-order valence-electron chi connectivity index (χ2n) is 6.25. The number of rotatable bonds is 5. The molecule has 1 saturated heterocycles. The quantitative estimate of drug-likeness (QED) is 0.487. The van der Waals surface area contributed by atoms with Crippen LogP contribution in [0, 0.1) is 0 Å². The Hall–Kier alpha value is -2.64. The summed E-state index contributed by atoms with van der Waals surface area (Å²) in [5, 5.41) is 13.4. The molecule has 29 heavy (non-hydrogen) atoms. The number of carbonyl (C=O) groups excluding carboxylic acids is 1. The Bertz CT molecular complexity index is 970. The molecule has 1 aliphatic heterocycles. The molecule has 1 aromatic carbocycles. The number of nitrogens with one attached hydrogen (secondary N) is 2. The smallest absolute Gasteiger partial charge is 0.434 e. The van der Waals surface area contributed by atoms with Gasteiger partial charge in [-0.1, -0.05) is 18.2 Å². The Kier molecular flexibility index (Phi) is 5.82. The highest BCUT2D eigenvalue weighted by Gasteiger charge is 2.45. The van der Waals surface area contributed by atoms with Crippen molar-refractivity contribution in [1.82, 2.24) is 20.0 Å². The summed E-state index contributed by atoms with van der Waals surface area (Å²) in [6.07, 6.45) is -4.92. The minimum atomic E-state index is -5.10. The molecular weight excluding hydrogens is 417 g/mol. The zero-order chi connectivity index (χ0) is 21.2. The molecule has 9 nitrogen and oxygen atoms in total. The van der Waals surface area contributed by atoms with Crippen LogP contribution >= 0.6 is 0 Å². The van der Waals surface area contributed by atoms with Gasteiger partial charge in [0.25, 0.3) is 5.91 Å². The van der Waals surface area contributed by atoms with Gasteiger partial charge in [-0.05, 0) is 25.0 Å². The number of benzene rings is 1. The second-order valence-corrected chi connectivity index (χ2v) is 8.12. The normalized spacial score (nSPS) is 16.6. The number of hydrogen-bond acceptors (Lipinski definition) is 6. The molecule has 0 unspecified atom stereocenters. The van der Waals surface area contributed by atoms with Crippen molar-refractivity contribution in [3.05, 3.63) is 41.7 Å². The fourth-order valence-corrected chi connectivity index (χ4v) is 4.74. The highest BCUT2D eigenvalue weighted by atomic mass is 32.2. The summed E-state index contributed by atoms with van der Waals surface area (Å²) in [6, 6.07) is 8.85. The van der Waals surface area contributed by atoms with Gasteiger partial charge >= 0.3 is 6.18 Å². The van der Waals surface area contributed by atoms with E-state index < -0.39 is 38.4 Å². The molecule has 1 aromatic heterocycles. The van der Waals surface area contributed by atoms with Crippen LogP contribution in [0.2, 0.25) is 0 Å². The molecule has 1 aliphatic rings. The molecule has 0 atom stereocenters. The first-order valence-corrected chi connectivity index (χ1v) is 9.90. The number of carbonyl (C=O) groups is 1. The van der Waals surface area contributed by atoms with Crippen LogP contribution in [0.15, 0.2) is 35.2 Å². The van der Waals surface area contributed by atoms with Gasteiger partial charge in [0.2, 0.25) is 10.0 Å². The standard InChI is InChI=1S/C16H17F3N4O5S/c17-16(18,19)14-13(12(20-21-14)15(24)22-25)29(26,27)23-8-6-11(7-9-23)28-10-4-2-1-3-5-10/h1-5,11,25H,6-9H2,(H,20,21)(H,22,24). The Balaban J connectivity index is 1.83. The van der Waals surface area contributed by atoms with Gasteiger partial charge < -0.3 is 4.74 Å². The molecule has 13 heteroatoms. The summed E-state index contributed by atoms with van der Waals surface area (Å²) in [4.78, 5) is 10.3. The van der Waals surface area contributed by atoms with Crippen molar-refractivity contribution in [2.75, 3.05) is 13.1 Å². The maximum Gasteiger partial charge on any atom is 0.434 e. The fraction of sp³-hybridized carbons (Fsp3) is 0.375. The second kappa shape index (κ2) is 8.00. The minimum Gasteiger partial charge on any atom is -0.490 e. The monoisotopic (exact) mass is 434 g/mol. The molecule has 0 saturated carbocycles. The third-order valence-electron chi connectivity index (χ3n) is 4.37. The number of amides is 1. The highest BCUT2D eigenvalue weighted by molar-refractivity contribution is 7.89. The van der Waals surface area contributed by atoms with Gasteiger partial charge in [-0.15, -0.1) is 0 Å². The summed E-state index contributed by atoms with van der Waals surface area (Å²) in [5.41, 5.74) is -1.64. The van der Waals surface area contributed by atoms with Crippen molar-refractivity contribution in [1.29, 1.82) is 0 Å². The lowest BCUT2D eigenvalue weighted by molar-refractivity contribution is -0.143. The van der Waals surface area contributed by atoms with Crippen LogP contribution in [0.25, 0.3) is 0 Å². The molecule has 1 fully saturated rings. The molecule has 0 radical (unpaired) electrons. The topological polar surface area (TPSA) is 125 Å². The lowest BCUT2D eigenvalue weighted by atomic mass is 10.1. The van der Waals surface area contributed by atoms with E-state index in [4.69, 9.17) is 9.94 Å². The lowest BCUT2D eigenvalue weighted by Gasteiger charge is -2.31. The van der Waals surface area contributed by atoms with Gasteiger partial charge in [-0.3, -0.25) is 15.1 Å². The Labute approximate surface area is 163 Å². The number of nitrogens with zero attached hydrogens (tertiary/aromatic N) is 2. The molecule has 2 aromatic rings. The molecule has 3 rings (SSSR count). The lowest BCUT2D eigenvalue weighted by Crippen LogP contribution is -2.42. The number of sulfonamides is 1. The fourth-order valence-electron chi connectivity index (χ4n) is 2.99. The number of hydroxylamine groups is 1. The van der Waals surface area contributed by atoms with Gasteiger partial charge in [0.05, 0.1) is 0 Å². The molecule has 2 heterocycles. The van der Waals surface area contributed by atoms with Crippen LogP contribution in [0.1, 0.15) is 29.0 Å². The van der Waals surface area contributed by atoms with Crippen LogP contribution in [-0.4, -0.2) is 53.2 Å². The van der Waals surface area contributed by atoms with Crippen molar-refractivity contribution in [2.45, 2.75) is 30.0 Å². The van der Waals surface area contributed by atoms with Crippen molar-refractivity contribution in [3.63, 3.8) is 0 Å². The number of ether oxygens (including phenoxy) is 1. The number of aromatic amines is 1. The van der Waals surface area contributed by atoms with E-state index in [0.717, 1.165) is 9.79 Å². The summed E-state index contributed by atoms with van der Waals surface area (Å²) in [7, 11) is -4.72. The van der Waals surface area contributed by atoms with E-state index in [9.17, 15) is 26.4 Å². The van der Waals surface area contributed by atoms with Crippen molar-refractivity contribution in [2.24, 2.45) is 0 Å². The minimum absolute atomic E-state index is 0.109. The number of para-hydroxylation sites is 1. The number of H-pyrrole nitrogens is 1. The molecule has 158 valence electrons. The maximum absolute atomic E-state index is 13.3. The SMILES string of the molecule is O=C(NO)c1n[nH]c(C(F)(F)F)c1S(=O)(=O)N1CCC(Oc2ccccc2)CC1. The average Bonchev–Trinajstić information content (AvgIpc) is 3.15. The predicted molar refractivity (Wildman–Crippen MR) is 91.7 cm³/mol. The summed E-state index contributed by atoms with van der Waals surface area (Å²) in [6.45, 7) is -0.217. The van der Waals surface area contributed by atoms with Gasteiger partial charge in [0, 0.05) is 13.1 Å². The van der Waals surface area contributed by atoms with Crippen LogP contribution in [0.5, 0.6) is 5.75 Å². The predicted octanol–water partition coefficient (Wildman–Crippen LogP) is 1.78. The van der Waals surface area contributed by atoms with E-state index in [-0.39, 0.29) is 32.0 Å². The van der Waals surface area contributed by atoms with E-state index in [0.29, 0.717) is 5.75 Å². The van der Waals surface area contributed by atoms with Gasteiger partial charge in [0.1, 0.15) is 16.7 Å². The van der Waals surface area contributed by atoms with Crippen molar-refractivity contribution < 1.29 is 36.3 Å². The zero-order valence-electron chi connectivity index (χ0n) is 14.8. The van der Waals surface area contributed by atoms with Crippen molar-refractivity contribution in [3.8, 4) is 5.75 Å². The number of alkyl halides is 3. The number of hydrogen-bond donors (Lipinski definition) is 3. The van der Waals surface area contributed by atoms with Crippen molar-refractivity contribution >= 4 is 15.9 Å². The molecular formula is C16H17F3N4O5S. The molecule has 1 amide bonds. The number of aromatic nitrogens is 2. The van der Waals surface area contributed by atoms with E-state index >= 15 is 0 Å². The van der Waals surface area contributed by atoms with Crippen LogP contribution in [0.3, 0.4) is 0 Å². The first-order chi connectivity index (χ1) is 13.6. The van der Waals surface area contributed by atoms with Gasteiger partial charge in [0.15, 0.2) is 11.4 Å². The molecule has 0 aliphatic carbocycles. The van der Waals surface area contributed by atoms with Crippen LogP contribution < -0.4 is 10.2 Å². The largest absolute Gasteiger partial charge is 0.490 e. The number of halogens is 3. The average molecular weight is 434 g/mol. The third kappa shape index (κ3) is 4.36. The third-order valence-corrected chi connectivity index (χ3v) is 6.32. The highest BCUT2D eigenvalue weighted by Crippen LogP contribution is 2.36. The first kappa shape index (κ1) is 21.1. The summed E-state index contributed by atoms with van der Waals surface area (Å²) in [5.74, 6) is -0.873. The number of piperidine rings is 1. The molecule has 0 spiro atoms. The Morgan fingerprint density at radius 1 is 1.24 bits per heavy atom. The summed E-state index contributed by atoms with van der Waals surface area (Å²) >= 11 is 0. The van der Waals surface area contributed by atoms with Crippen LogP contribution in [0.4, 0.5) is 13.2 Å². The van der Waals surface area contributed by atoms with Gasteiger partial charge in [-0.25, -0.2) is 13.9 Å². The van der Waals surface area contributed by atoms with Gasteiger partial charge in [-0.2, -0.15) is 22.6 Å². The van der Waals surface area contributed by atoms with E-state index in [1.165, 1.54) is 5.10 Å². The van der Waals surface area contributed by atoms with Crippen LogP contribution in [-0.2, 0) is 16.2 Å². The van der Waals surface area contributed by atoms with E-state index in [2.05, 4.69) is 5.10 Å². The Morgan fingerprint density at radius 2 is 1.86 bits per heavy atom.